The highest BCUT2D eigenvalue weighted by Crippen LogP contribution is 2.16. The van der Waals surface area contributed by atoms with Crippen LogP contribution in [0, 0.1) is 0 Å². The predicted octanol–water partition coefficient (Wildman–Crippen LogP) is 2.40. The minimum absolute atomic E-state index is 0.0180. The number of nitrogens with one attached hydrogen (secondary N) is 1. The molecule has 1 aromatic carbocycles. The van der Waals surface area contributed by atoms with Gasteiger partial charge in [-0.15, -0.1) is 0 Å². The summed E-state index contributed by atoms with van der Waals surface area (Å²) in [5.74, 6) is -0.0180. The molecule has 0 aliphatic heterocycles. The monoisotopic (exact) mass is 255 g/mol. The topological polar surface area (TPSA) is 45.2 Å². The van der Waals surface area contributed by atoms with E-state index in [1.165, 1.54) is 0 Å². The van der Waals surface area contributed by atoms with E-state index >= 15 is 0 Å². The maximum Gasteiger partial charge on any atom is 0.256 e. The number of carbonyl (C=O) groups excluding carboxylic acids is 1. The van der Waals surface area contributed by atoms with Gasteiger partial charge in [-0.3, -0.25) is 9.78 Å². The second kappa shape index (κ2) is 6.00. The smallest absolute Gasteiger partial charge is 0.256 e. The Balaban J connectivity index is 2.15. The lowest BCUT2D eigenvalue weighted by molar-refractivity contribution is 0.0784. The standard InChI is InChI=1S/C15H17N3O/c1-16-14-9-4-3-8-13(14)15(19)18(2)11-12-7-5-6-10-17-12/h3-10,16H,11H2,1-2H3. The molecule has 2 aromatic rings. The normalized spacial score (nSPS) is 10.0. The Labute approximate surface area is 113 Å². The molecule has 1 amide bonds. The van der Waals surface area contributed by atoms with Crippen molar-refractivity contribution in [3.8, 4) is 0 Å². The third-order valence-corrected chi connectivity index (χ3v) is 2.90. The fourth-order valence-corrected chi connectivity index (χ4v) is 1.90. The summed E-state index contributed by atoms with van der Waals surface area (Å²) in [5.41, 5.74) is 2.38. The molecule has 19 heavy (non-hydrogen) atoms. The van der Waals surface area contributed by atoms with Crippen LogP contribution in [0.2, 0.25) is 0 Å². The maximum atomic E-state index is 12.4. The number of hydrogen-bond donors (Lipinski definition) is 1. The van der Waals surface area contributed by atoms with Crippen molar-refractivity contribution >= 4 is 11.6 Å². The Morgan fingerprint density at radius 2 is 1.95 bits per heavy atom. The van der Waals surface area contributed by atoms with Crippen LogP contribution in [0.15, 0.2) is 48.7 Å². The number of para-hydroxylation sites is 1. The molecule has 0 aliphatic carbocycles. The summed E-state index contributed by atoms with van der Waals surface area (Å²) >= 11 is 0. The molecule has 0 spiro atoms. The Bertz CT molecular complexity index is 554. The van der Waals surface area contributed by atoms with Gasteiger partial charge in [0, 0.05) is 26.0 Å². The molecule has 1 heterocycles. The Morgan fingerprint density at radius 1 is 1.21 bits per heavy atom. The van der Waals surface area contributed by atoms with Crippen molar-refractivity contribution in [3.63, 3.8) is 0 Å². The van der Waals surface area contributed by atoms with E-state index in [-0.39, 0.29) is 5.91 Å². The first-order valence-corrected chi connectivity index (χ1v) is 6.14. The first kappa shape index (κ1) is 13.1. The zero-order chi connectivity index (χ0) is 13.7. The minimum atomic E-state index is -0.0180. The van der Waals surface area contributed by atoms with Crippen molar-refractivity contribution in [1.29, 1.82) is 0 Å². The van der Waals surface area contributed by atoms with Crippen LogP contribution in [0.4, 0.5) is 5.69 Å². The molecule has 0 aliphatic rings. The van der Waals surface area contributed by atoms with Gasteiger partial charge in [0.25, 0.3) is 5.91 Å². The van der Waals surface area contributed by atoms with Crippen molar-refractivity contribution in [1.82, 2.24) is 9.88 Å². The van der Waals surface area contributed by atoms with E-state index in [2.05, 4.69) is 10.3 Å². The lowest BCUT2D eigenvalue weighted by Crippen LogP contribution is -2.27. The Morgan fingerprint density at radius 3 is 2.63 bits per heavy atom. The fraction of sp³-hybridized carbons (Fsp3) is 0.200. The lowest BCUT2D eigenvalue weighted by Gasteiger charge is -2.18. The molecule has 4 heteroatoms. The molecule has 4 nitrogen and oxygen atoms in total. The summed E-state index contributed by atoms with van der Waals surface area (Å²) < 4.78 is 0. The highest BCUT2D eigenvalue weighted by molar-refractivity contribution is 5.99. The molecule has 1 N–H and O–H groups in total. The van der Waals surface area contributed by atoms with E-state index in [1.807, 2.05) is 49.5 Å². The quantitative estimate of drug-likeness (QED) is 0.912. The second-order valence-corrected chi connectivity index (χ2v) is 4.28. The van der Waals surface area contributed by atoms with E-state index in [1.54, 1.807) is 18.1 Å². The van der Waals surface area contributed by atoms with Crippen LogP contribution in [-0.4, -0.2) is 29.9 Å². The van der Waals surface area contributed by atoms with E-state index in [0.717, 1.165) is 11.4 Å². The molecule has 0 fully saturated rings. The largest absolute Gasteiger partial charge is 0.387 e. The zero-order valence-corrected chi connectivity index (χ0v) is 11.1. The molecule has 0 radical (unpaired) electrons. The molecular formula is C15H17N3O. The highest BCUT2D eigenvalue weighted by Gasteiger charge is 2.15. The predicted molar refractivity (Wildman–Crippen MR) is 76.0 cm³/mol. The van der Waals surface area contributed by atoms with Gasteiger partial charge in [-0.05, 0) is 24.3 Å². The van der Waals surface area contributed by atoms with Crippen molar-refractivity contribution in [2.24, 2.45) is 0 Å². The highest BCUT2D eigenvalue weighted by atomic mass is 16.2. The van der Waals surface area contributed by atoms with E-state index in [9.17, 15) is 4.79 Å². The molecule has 2 rings (SSSR count). The summed E-state index contributed by atoms with van der Waals surface area (Å²) in [6.07, 6.45) is 1.73. The van der Waals surface area contributed by atoms with Crippen molar-refractivity contribution in [2.75, 3.05) is 19.4 Å². The number of hydrogen-bond acceptors (Lipinski definition) is 3. The molecule has 0 unspecified atom stereocenters. The number of pyridine rings is 1. The Kier molecular flexibility index (Phi) is 4.13. The summed E-state index contributed by atoms with van der Waals surface area (Å²) in [5, 5.41) is 3.03. The fourth-order valence-electron chi connectivity index (χ4n) is 1.90. The number of benzene rings is 1. The number of rotatable bonds is 4. The number of amides is 1. The second-order valence-electron chi connectivity index (χ2n) is 4.28. The number of anilines is 1. The molecule has 98 valence electrons. The summed E-state index contributed by atoms with van der Waals surface area (Å²) in [7, 11) is 3.59. The van der Waals surface area contributed by atoms with Crippen LogP contribution in [0.1, 0.15) is 16.1 Å². The van der Waals surface area contributed by atoms with Gasteiger partial charge in [0.05, 0.1) is 17.8 Å². The van der Waals surface area contributed by atoms with Crippen LogP contribution in [0.3, 0.4) is 0 Å². The average molecular weight is 255 g/mol. The van der Waals surface area contributed by atoms with Crippen molar-refractivity contribution in [3.05, 3.63) is 59.9 Å². The molecule has 0 saturated carbocycles. The van der Waals surface area contributed by atoms with E-state index < -0.39 is 0 Å². The molecular weight excluding hydrogens is 238 g/mol. The van der Waals surface area contributed by atoms with Gasteiger partial charge in [-0.25, -0.2) is 0 Å². The third kappa shape index (κ3) is 3.10. The lowest BCUT2D eigenvalue weighted by atomic mass is 10.1. The first-order valence-electron chi connectivity index (χ1n) is 6.14. The van der Waals surface area contributed by atoms with E-state index in [0.29, 0.717) is 12.1 Å². The van der Waals surface area contributed by atoms with Gasteiger partial charge < -0.3 is 10.2 Å². The van der Waals surface area contributed by atoms with Crippen LogP contribution in [0.5, 0.6) is 0 Å². The SMILES string of the molecule is CNc1ccccc1C(=O)N(C)Cc1ccccn1. The van der Waals surface area contributed by atoms with E-state index in [4.69, 9.17) is 0 Å². The number of carbonyl (C=O) groups is 1. The summed E-state index contributed by atoms with van der Waals surface area (Å²) in [4.78, 5) is 18.3. The van der Waals surface area contributed by atoms with Crippen LogP contribution < -0.4 is 5.32 Å². The van der Waals surface area contributed by atoms with Crippen LogP contribution >= 0.6 is 0 Å². The average Bonchev–Trinajstić information content (AvgIpc) is 2.47. The van der Waals surface area contributed by atoms with Crippen molar-refractivity contribution < 1.29 is 4.79 Å². The van der Waals surface area contributed by atoms with Gasteiger partial charge in [-0.1, -0.05) is 18.2 Å². The van der Waals surface area contributed by atoms with Gasteiger partial charge in [0.15, 0.2) is 0 Å². The summed E-state index contributed by atoms with van der Waals surface area (Å²) in [6.45, 7) is 0.498. The Hall–Kier alpha value is -2.36. The van der Waals surface area contributed by atoms with Gasteiger partial charge in [0.1, 0.15) is 0 Å². The van der Waals surface area contributed by atoms with Crippen LogP contribution in [-0.2, 0) is 6.54 Å². The molecule has 0 bridgehead atoms. The van der Waals surface area contributed by atoms with Gasteiger partial charge >= 0.3 is 0 Å². The van der Waals surface area contributed by atoms with Crippen LogP contribution in [0.25, 0.3) is 0 Å². The third-order valence-electron chi connectivity index (χ3n) is 2.90. The first-order chi connectivity index (χ1) is 9.22. The summed E-state index contributed by atoms with van der Waals surface area (Å²) in [6, 6.07) is 13.2. The van der Waals surface area contributed by atoms with Gasteiger partial charge in [-0.2, -0.15) is 0 Å². The van der Waals surface area contributed by atoms with Gasteiger partial charge in [0.2, 0.25) is 0 Å². The zero-order valence-electron chi connectivity index (χ0n) is 11.1. The number of aromatic nitrogens is 1. The number of nitrogens with zero attached hydrogens (tertiary/aromatic N) is 2. The molecule has 0 saturated heterocycles. The molecule has 1 aromatic heterocycles. The minimum Gasteiger partial charge on any atom is -0.387 e. The molecule has 0 atom stereocenters. The maximum absolute atomic E-state index is 12.4. The van der Waals surface area contributed by atoms with Crippen molar-refractivity contribution in [2.45, 2.75) is 6.54 Å².